The molecule has 32 heavy (non-hydrogen) atoms. The van der Waals surface area contributed by atoms with Gasteiger partial charge >= 0.3 is 11.9 Å². The van der Waals surface area contributed by atoms with E-state index in [1.807, 2.05) is 24.3 Å². The van der Waals surface area contributed by atoms with E-state index in [0.717, 1.165) is 0 Å². The Labute approximate surface area is 184 Å². The van der Waals surface area contributed by atoms with Crippen LogP contribution >= 0.6 is 0 Å². The van der Waals surface area contributed by atoms with Crippen LogP contribution in [0.3, 0.4) is 0 Å². The molecule has 1 aromatic heterocycles. The number of aromatic nitrogens is 2. The lowest BCUT2D eigenvalue weighted by Gasteiger charge is -2.10. The van der Waals surface area contributed by atoms with Crippen LogP contribution in [0.15, 0.2) is 72.8 Å². The van der Waals surface area contributed by atoms with Crippen molar-refractivity contribution in [3.8, 4) is 29.1 Å². The highest BCUT2D eigenvalue weighted by Crippen LogP contribution is 2.34. The van der Waals surface area contributed by atoms with E-state index in [9.17, 15) is 15.0 Å². The van der Waals surface area contributed by atoms with E-state index >= 15 is 0 Å². The van der Waals surface area contributed by atoms with Crippen molar-refractivity contribution in [2.24, 2.45) is 0 Å². The highest BCUT2D eigenvalue weighted by molar-refractivity contribution is 5.90. The van der Waals surface area contributed by atoms with Crippen molar-refractivity contribution in [1.29, 1.82) is 0 Å². The lowest BCUT2D eigenvalue weighted by molar-refractivity contribution is -0.774. The number of rotatable bonds is 6. The Bertz CT molecular complexity index is 1280. The molecular weight excluding hydrogens is 410 g/mol. The molecule has 1 amide bonds. The highest BCUT2D eigenvalue weighted by Gasteiger charge is 2.37. The monoisotopic (exact) mass is 433 g/mol. The van der Waals surface area contributed by atoms with Gasteiger partial charge in [-0.05, 0) is 16.7 Å². The summed E-state index contributed by atoms with van der Waals surface area (Å²) in [5.74, 6) is 0.247. The standard InChI is InChI=1S/C24H21N3O5/c1-31-20-13-18-19(14-21(20)32-2)26(15-22(28)25-16-9-5-3-6-10-16)24(30)27(23(18)29)17-11-7-4-8-12-17/h3-14H,15H2,1-2H3,(H,25,28)/p+2. The van der Waals surface area contributed by atoms with Crippen molar-refractivity contribution in [1.82, 2.24) is 0 Å². The number of para-hydroxylation sites is 2. The zero-order valence-corrected chi connectivity index (χ0v) is 17.6. The number of carbonyl (C=O) groups excluding carboxylic acids is 1. The Balaban J connectivity index is 1.91. The van der Waals surface area contributed by atoms with E-state index in [-0.39, 0.29) is 24.3 Å². The van der Waals surface area contributed by atoms with Gasteiger partial charge in [0.1, 0.15) is 0 Å². The molecule has 3 N–H and O–H groups in total. The zero-order valence-electron chi connectivity index (χ0n) is 17.6. The third-order valence-electron chi connectivity index (χ3n) is 5.06. The SMILES string of the molecule is COc1cc2c(O)[n+](-c3ccccc3)c(O)[n+](CC(=O)Nc3ccccc3)c2cc1OC. The molecule has 0 spiro atoms. The molecule has 0 radical (unpaired) electrons. The summed E-state index contributed by atoms with van der Waals surface area (Å²) in [5, 5.41) is 25.4. The number of anilines is 1. The number of nitrogens with zero attached hydrogens (tertiary/aromatic N) is 2. The average Bonchev–Trinajstić information content (AvgIpc) is 2.82. The number of benzene rings is 3. The van der Waals surface area contributed by atoms with Crippen molar-refractivity contribution in [3.05, 3.63) is 72.8 Å². The van der Waals surface area contributed by atoms with E-state index in [1.54, 1.807) is 48.5 Å². The summed E-state index contributed by atoms with van der Waals surface area (Å²) in [6.45, 7) is -0.209. The average molecular weight is 433 g/mol. The second kappa shape index (κ2) is 8.81. The van der Waals surface area contributed by atoms with Gasteiger partial charge in [-0.2, -0.15) is 0 Å². The Morgan fingerprint density at radius 3 is 2.12 bits per heavy atom. The Morgan fingerprint density at radius 2 is 1.50 bits per heavy atom. The molecule has 8 nitrogen and oxygen atoms in total. The van der Waals surface area contributed by atoms with Gasteiger partial charge in [0.15, 0.2) is 16.9 Å². The van der Waals surface area contributed by atoms with Gasteiger partial charge in [-0.1, -0.05) is 41.0 Å². The van der Waals surface area contributed by atoms with Crippen molar-refractivity contribution >= 4 is 22.5 Å². The minimum absolute atomic E-state index is 0.204. The summed E-state index contributed by atoms with van der Waals surface area (Å²) in [6.07, 6.45) is 0. The first-order valence-electron chi connectivity index (χ1n) is 9.89. The number of hydrogen-bond acceptors (Lipinski definition) is 5. The summed E-state index contributed by atoms with van der Waals surface area (Å²) >= 11 is 0. The topological polar surface area (TPSA) is 95.8 Å². The Morgan fingerprint density at radius 1 is 0.906 bits per heavy atom. The molecule has 4 rings (SSSR count). The summed E-state index contributed by atoms with van der Waals surface area (Å²) < 4.78 is 13.4. The quantitative estimate of drug-likeness (QED) is 0.406. The number of methoxy groups -OCH3 is 2. The van der Waals surface area contributed by atoms with Crippen molar-refractivity contribution in [2.45, 2.75) is 6.54 Å². The van der Waals surface area contributed by atoms with Crippen molar-refractivity contribution in [2.75, 3.05) is 19.5 Å². The molecule has 0 saturated heterocycles. The van der Waals surface area contributed by atoms with E-state index in [0.29, 0.717) is 33.8 Å². The summed E-state index contributed by atoms with van der Waals surface area (Å²) in [4.78, 5) is 12.8. The fraction of sp³-hybridized carbons (Fsp3) is 0.125. The van der Waals surface area contributed by atoms with E-state index in [4.69, 9.17) is 9.47 Å². The summed E-state index contributed by atoms with van der Waals surface area (Å²) in [6, 6.07) is 20.8. The fourth-order valence-corrected chi connectivity index (χ4v) is 3.55. The van der Waals surface area contributed by atoms with Gasteiger partial charge in [-0.3, -0.25) is 4.79 Å². The first-order chi connectivity index (χ1) is 15.5. The molecule has 0 bridgehead atoms. The van der Waals surface area contributed by atoms with Crippen LogP contribution in [0.5, 0.6) is 23.4 Å². The maximum absolute atomic E-state index is 12.8. The molecule has 0 aliphatic rings. The fourth-order valence-electron chi connectivity index (χ4n) is 3.55. The predicted molar refractivity (Wildman–Crippen MR) is 117 cm³/mol. The smallest absolute Gasteiger partial charge is 0.493 e. The van der Waals surface area contributed by atoms with Crippen LogP contribution in [0.25, 0.3) is 16.6 Å². The maximum Gasteiger partial charge on any atom is 0.638 e. The van der Waals surface area contributed by atoms with Crippen LogP contribution in [-0.4, -0.2) is 30.3 Å². The Kier molecular flexibility index (Phi) is 5.76. The van der Waals surface area contributed by atoms with Crippen LogP contribution in [0.4, 0.5) is 5.69 Å². The number of amides is 1. The van der Waals surface area contributed by atoms with Gasteiger partial charge in [0, 0.05) is 23.9 Å². The molecule has 3 aromatic carbocycles. The van der Waals surface area contributed by atoms with Gasteiger partial charge in [-0.15, -0.1) is 0 Å². The summed E-state index contributed by atoms with van der Waals surface area (Å²) in [7, 11) is 2.98. The number of aromatic hydroxyl groups is 2. The third kappa shape index (κ3) is 3.85. The Hall–Kier alpha value is -4.33. The normalized spacial score (nSPS) is 10.7. The molecule has 162 valence electrons. The molecule has 0 unspecified atom stereocenters. The number of carbonyl (C=O) groups is 1. The lowest BCUT2D eigenvalue weighted by Crippen LogP contribution is -2.49. The number of nitrogens with one attached hydrogen (secondary N) is 1. The second-order valence-electron chi connectivity index (χ2n) is 7.02. The number of hydrogen-bond donors (Lipinski definition) is 3. The zero-order chi connectivity index (χ0) is 22.7. The van der Waals surface area contributed by atoms with E-state index in [2.05, 4.69) is 5.32 Å². The molecule has 0 atom stereocenters. The second-order valence-corrected chi connectivity index (χ2v) is 7.02. The minimum atomic E-state index is -0.349. The lowest BCUT2D eigenvalue weighted by atomic mass is 10.2. The van der Waals surface area contributed by atoms with Crippen LogP contribution in [-0.2, 0) is 11.3 Å². The number of ether oxygens (including phenoxy) is 2. The third-order valence-corrected chi connectivity index (χ3v) is 5.06. The van der Waals surface area contributed by atoms with Crippen molar-refractivity contribution < 1.29 is 33.6 Å². The van der Waals surface area contributed by atoms with Crippen LogP contribution < -0.4 is 23.9 Å². The highest BCUT2D eigenvalue weighted by atomic mass is 16.5. The maximum atomic E-state index is 12.8. The van der Waals surface area contributed by atoms with Gasteiger partial charge in [-0.25, -0.2) is 0 Å². The molecule has 8 heteroatoms. The van der Waals surface area contributed by atoms with Crippen LogP contribution in [0, 0.1) is 0 Å². The van der Waals surface area contributed by atoms with E-state index in [1.165, 1.54) is 23.4 Å². The van der Waals surface area contributed by atoms with Crippen LogP contribution in [0.2, 0.25) is 0 Å². The molecule has 0 saturated carbocycles. The molecule has 0 aliphatic carbocycles. The van der Waals surface area contributed by atoms with E-state index < -0.39 is 0 Å². The van der Waals surface area contributed by atoms with Gasteiger partial charge in [0.2, 0.25) is 17.7 Å². The molecule has 0 fully saturated rings. The first kappa shape index (κ1) is 20.9. The minimum Gasteiger partial charge on any atom is -0.493 e. The molecule has 1 heterocycles. The summed E-state index contributed by atoms with van der Waals surface area (Å²) in [5.41, 5.74) is 1.56. The molecule has 0 aliphatic heterocycles. The van der Waals surface area contributed by atoms with Gasteiger partial charge < -0.3 is 25.0 Å². The first-order valence-corrected chi connectivity index (χ1v) is 9.89. The van der Waals surface area contributed by atoms with Gasteiger partial charge in [0.25, 0.3) is 5.91 Å². The predicted octanol–water partition coefficient (Wildman–Crippen LogP) is 2.47. The largest absolute Gasteiger partial charge is 0.638 e. The molecular formula is C24H23N3O5+2. The van der Waals surface area contributed by atoms with Crippen molar-refractivity contribution in [3.63, 3.8) is 0 Å². The van der Waals surface area contributed by atoms with Gasteiger partial charge in [0.05, 0.1) is 20.3 Å². The number of fused-ring (bicyclic) bond motifs is 1. The van der Waals surface area contributed by atoms with Crippen LogP contribution in [0.1, 0.15) is 0 Å². The molecule has 4 aromatic rings.